The summed E-state index contributed by atoms with van der Waals surface area (Å²) in [5.41, 5.74) is 1.61. The number of halogens is 1. The summed E-state index contributed by atoms with van der Waals surface area (Å²) in [7, 11) is 0. The van der Waals surface area contributed by atoms with Crippen molar-refractivity contribution in [3.8, 4) is 0 Å². The molecule has 0 radical (unpaired) electrons. The maximum Gasteiger partial charge on any atom is 0.0314 e. The minimum atomic E-state index is 0.170. The number of rotatable bonds is 8. The van der Waals surface area contributed by atoms with E-state index in [1.807, 2.05) is 11.3 Å². The summed E-state index contributed by atoms with van der Waals surface area (Å²) in [5, 5.41) is 5.82. The lowest BCUT2D eigenvalue weighted by atomic mass is 9.75. The van der Waals surface area contributed by atoms with Crippen LogP contribution in [0.3, 0.4) is 0 Å². The fraction of sp³-hybridized carbons (Fsp3) is 0.444. The van der Waals surface area contributed by atoms with Gasteiger partial charge in [0.1, 0.15) is 0 Å². The van der Waals surface area contributed by atoms with Gasteiger partial charge in [-0.3, -0.25) is 0 Å². The summed E-state index contributed by atoms with van der Waals surface area (Å²) in [6.07, 6.45) is 3.40. The molecule has 0 aliphatic rings. The van der Waals surface area contributed by atoms with E-state index < -0.39 is 0 Å². The molecule has 1 aromatic heterocycles. The van der Waals surface area contributed by atoms with Gasteiger partial charge in [-0.05, 0) is 58.7 Å². The van der Waals surface area contributed by atoms with E-state index in [1.165, 1.54) is 21.3 Å². The number of hydrogen-bond donors (Lipinski definition) is 1. The van der Waals surface area contributed by atoms with Gasteiger partial charge in [0.25, 0.3) is 0 Å². The molecule has 114 valence electrons. The topological polar surface area (TPSA) is 12.0 Å². The Morgan fingerprint density at radius 1 is 1.14 bits per heavy atom. The predicted octanol–water partition coefficient (Wildman–Crippen LogP) is 5.40. The van der Waals surface area contributed by atoms with Crippen LogP contribution in [0.15, 0.2) is 46.3 Å². The highest BCUT2D eigenvalue weighted by atomic mass is 79.9. The van der Waals surface area contributed by atoms with Crippen LogP contribution in [0.25, 0.3) is 0 Å². The third-order valence-corrected chi connectivity index (χ3v) is 6.07. The highest BCUT2D eigenvalue weighted by Gasteiger charge is 2.31. The Morgan fingerprint density at radius 3 is 2.48 bits per heavy atom. The van der Waals surface area contributed by atoms with Crippen molar-refractivity contribution in [2.24, 2.45) is 0 Å². The Kier molecular flexibility index (Phi) is 6.46. The van der Waals surface area contributed by atoms with Gasteiger partial charge in [0.05, 0.1) is 0 Å². The Hall–Kier alpha value is -0.640. The van der Waals surface area contributed by atoms with E-state index in [2.05, 4.69) is 76.9 Å². The standard InChI is InChI=1S/C18H24BrNS/c1-3-11-20-14-18(4-2,15-8-6-5-7-9-15)13-17-16(19)10-12-21-17/h5-10,12,20H,3-4,11,13-14H2,1-2H3. The molecular weight excluding hydrogens is 342 g/mol. The molecule has 0 saturated carbocycles. The van der Waals surface area contributed by atoms with Crippen LogP contribution in [0.5, 0.6) is 0 Å². The van der Waals surface area contributed by atoms with Gasteiger partial charge in [-0.25, -0.2) is 0 Å². The Morgan fingerprint density at radius 2 is 1.90 bits per heavy atom. The molecule has 0 fully saturated rings. The molecule has 2 aromatic rings. The van der Waals surface area contributed by atoms with E-state index in [0.717, 1.165) is 25.9 Å². The van der Waals surface area contributed by atoms with E-state index in [1.54, 1.807) is 0 Å². The lowest BCUT2D eigenvalue weighted by Crippen LogP contribution is -2.40. The van der Waals surface area contributed by atoms with Crippen molar-refractivity contribution < 1.29 is 0 Å². The van der Waals surface area contributed by atoms with Crippen molar-refractivity contribution in [3.63, 3.8) is 0 Å². The zero-order chi connectivity index (χ0) is 15.1. The smallest absolute Gasteiger partial charge is 0.0314 e. The Balaban J connectivity index is 2.29. The SMILES string of the molecule is CCCNCC(CC)(Cc1sccc1Br)c1ccccc1. The molecule has 1 nitrogen and oxygen atoms in total. The molecule has 0 spiro atoms. The van der Waals surface area contributed by atoms with Gasteiger partial charge in [0.15, 0.2) is 0 Å². The van der Waals surface area contributed by atoms with E-state index in [4.69, 9.17) is 0 Å². The highest BCUT2D eigenvalue weighted by molar-refractivity contribution is 9.10. The van der Waals surface area contributed by atoms with Gasteiger partial charge in [-0.15, -0.1) is 11.3 Å². The molecule has 3 heteroatoms. The Bertz CT molecular complexity index is 537. The molecule has 1 atom stereocenters. The zero-order valence-electron chi connectivity index (χ0n) is 12.9. The van der Waals surface area contributed by atoms with Gasteiger partial charge >= 0.3 is 0 Å². The van der Waals surface area contributed by atoms with Gasteiger partial charge in [0, 0.05) is 21.3 Å². The summed E-state index contributed by atoms with van der Waals surface area (Å²) in [5.74, 6) is 0. The molecule has 21 heavy (non-hydrogen) atoms. The molecule has 1 aromatic carbocycles. The first-order valence-electron chi connectivity index (χ1n) is 7.70. The quantitative estimate of drug-likeness (QED) is 0.617. The van der Waals surface area contributed by atoms with Gasteiger partial charge in [-0.2, -0.15) is 0 Å². The van der Waals surface area contributed by atoms with E-state index in [-0.39, 0.29) is 5.41 Å². The maximum absolute atomic E-state index is 3.69. The fourth-order valence-electron chi connectivity index (χ4n) is 2.78. The predicted molar refractivity (Wildman–Crippen MR) is 97.3 cm³/mol. The largest absolute Gasteiger partial charge is 0.316 e. The molecule has 0 aliphatic carbocycles. The van der Waals surface area contributed by atoms with Crippen LogP contribution < -0.4 is 5.32 Å². The van der Waals surface area contributed by atoms with Gasteiger partial charge in [0.2, 0.25) is 0 Å². The van der Waals surface area contributed by atoms with Crippen molar-refractivity contribution in [1.29, 1.82) is 0 Å². The second-order valence-electron chi connectivity index (χ2n) is 5.55. The minimum absolute atomic E-state index is 0.170. The van der Waals surface area contributed by atoms with Gasteiger partial charge < -0.3 is 5.32 Å². The lowest BCUT2D eigenvalue weighted by molar-refractivity contribution is 0.380. The van der Waals surface area contributed by atoms with Crippen LogP contribution in [0.1, 0.15) is 37.1 Å². The number of hydrogen-bond acceptors (Lipinski definition) is 2. The van der Waals surface area contributed by atoms with E-state index in [9.17, 15) is 0 Å². The number of benzene rings is 1. The minimum Gasteiger partial charge on any atom is -0.316 e. The van der Waals surface area contributed by atoms with Gasteiger partial charge in [-0.1, -0.05) is 44.2 Å². The van der Waals surface area contributed by atoms with Crippen molar-refractivity contribution in [1.82, 2.24) is 5.32 Å². The number of nitrogens with one attached hydrogen (secondary N) is 1. The fourth-order valence-corrected chi connectivity index (χ4v) is 4.41. The summed E-state index contributed by atoms with van der Waals surface area (Å²) in [4.78, 5) is 1.44. The molecule has 1 unspecified atom stereocenters. The molecule has 2 rings (SSSR count). The third kappa shape index (κ3) is 4.18. The van der Waals surface area contributed by atoms with E-state index in [0.29, 0.717) is 0 Å². The average molecular weight is 366 g/mol. The average Bonchev–Trinajstić information content (AvgIpc) is 2.92. The molecule has 1 heterocycles. The van der Waals surface area contributed by atoms with Crippen LogP contribution in [0.2, 0.25) is 0 Å². The second kappa shape index (κ2) is 8.11. The molecular formula is C18H24BrNS. The normalized spacial score (nSPS) is 14.0. The van der Waals surface area contributed by atoms with Crippen molar-refractivity contribution >= 4 is 27.3 Å². The van der Waals surface area contributed by atoms with Crippen LogP contribution in [-0.2, 0) is 11.8 Å². The summed E-state index contributed by atoms with van der Waals surface area (Å²) in [6.45, 7) is 6.65. The highest BCUT2D eigenvalue weighted by Crippen LogP contribution is 2.36. The van der Waals surface area contributed by atoms with Crippen molar-refractivity contribution in [3.05, 3.63) is 56.7 Å². The lowest BCUT2D eigenvalue weighted by Gasteiger charge is -2.34. The second-order valence-corrected chi connectivity index (χ2v) is 7.40. The molecule has 0 bridgehead atoms. The zero-order valence-corrected chi connectivity index (χ0v) is 15.3. The monoisotopic (exact) mass is 365 g/mol. The van der Waals surface area contributed by atoms with E-state index >= 15 is 0 Å². The maximum atomic E-state index is 3.69. The molecule has 1 N–H and O–H groups in total. The van der Waals surface area contributed by atoms with Crippen LogP contribution in [-0.4, -0.2) is 13.1 Å². The van der Waals surface area contributed by atoms with Crippen LogP contribution in [0, 0.1) is 0 Å². The van der Waals surface area contributed by atoms with Crippen LogP contribution >= 0.6 is 27.3 Å². The number of thiophene rings is 1. The first kappa shape index (κ1) is 16.7. The summed E-state index contributed by atoms with van der Waals surface area (Å²) >= 11 is 5.54. The molecule has 0 saturated heterocycles. The molecule has 0 amide bonds. The summed E-state index contributed by atoms with van der Waals surface area (Å²) in [6, 6.07) is 13.1. The first-order chi connectivity index (χ1) is 10.2. The van der Waals surface area contributed by atoms with Crippen molar-refractivity contribution in [2.45, 2.75) is 38.5 Å². The third-order valence-electron chi connectivity index (χ3n) is 4.14. The van der Waals surface area contributed by atoms with Crippen LogP contribution in [0.4, 0.5) is 0 Å². The summed E-state index contributed by atoms with van der Waals surface area (Å²) < 4.78 is 1.25. The molecule has 0 aliphatic heterocycles. The first-order valence-corrected chi connectivity index (χ1v) is 9.37. The Labute approximate surface area is 140 Å². The van der Waals surface area contributed by atoms with Crippen molar-refractivity contribution in [2.75, 3.05) is 13.1 Å².